The quantitative estimate of drug-likeness (QED) is 0.729. The molecule has 0 radical (unpaired) electrons. The van der Waals surface area contributed by atoms with Crippen LogP contribution in [0, 0.1) is 0 Å². The van der Waals surface area contributed by atoms with Crippen molar-refractivity contribution in [3.8, 4) is 5.75 Å². The molecule has 0 amide bonds. The normalized spacial score (nSPS) is 15.1. The van der Waals surface area contributed by atoms with Gasteiger partial charge in [-0.25, -0.2) is 0 Å². The molecule has 1 aromatic rings. The number of phenolic OH excluding ortho intramolecular Hbond substituents is 1. The lowest BCUT2D eigenvalue weighted by molar-refractivity contribution is 0.283. The van der Waals surface area contributed by atoms with Crippen LogP contribution in [-0.2, 0) is 15.4 Å². The lowest BCUT2D eigenvalue weighted by atomic mass is 9.78. The second-order valence-corrected chi connectivity index (χ2v) is 10.1. The summed E-state index contributed by atoms with van der Waals surface area (Å²) in [5.74, 6) is -0.882. The van der Waals surface area contributed by atoms with Gasteiger partial charge in [-0.3, -0.25) is 9.46 Å². The molecule has 6 heteroatoms. The third-order valence-corrected chi connectivity index (χ3v) is 5.25. The average Bonchev–Trinajstić information content (AvgIpc) is 2.25. The van der Waals surface area contributed by atoms with Crippen LogP contribution in [0.1, 0.15) is 64.0 Å². The molecule has 23 heavy (non-hydrogen) atoms. The second-order valence-electron chi connectivity index (χ2n) is 8.38. The van der Waals surface area contributed by atoms with E-state index in [-0.39, 0.29) is 16.6 Å². The summed E-state index contributed by atoms with van der Waals surface area (Å²) in [5, 5.41) is 10.4. The first-order valence-corrected chi connectivity index (χ1v) is 9.34. The van der Waals surface area contributed by atoms with Crippen molar-refractivity contribution in [1.82, 2.24) is 4.90 Å². The van der Waals surface area contributed by atoms with Gasteiger partial charge in [0.15, 0.2) is 0 Å². The van der Waals surface area contributed by atoms with E-state index in [9.17, 15) is 19.5 Å². The zero-order chi connectivity index (χ0) is 18.4. The minimum Gasteiger partial charge on any atom is -0.508 e. The van der Waals surface area contributed by atoms with Crippen molar-refractivity contribution in [3.63, 3.8) is 0 Å². The number of phenols is 1. The van der Waals surface area contributed by atoms with Gasteiger partial charge in [-0.2, -0.15) is 0 Å². The van der Waals surface area contributed by atoms with E-state index < -0.39 is 13.4 Å². The summed E-state index contributed by atoms with van der Waals surface area (Å²) >= 11 is 0. The van der Waals surface area contributed by atoms with Crippen LogP contribution in [0.5, 0.6) is 5.75 Å². The molecular formula is C17H30NO4P. The fraction of sp³-hybridized carbons (Fsp3) is 0.647. The van der Waals surface area contributed by atoms with Crippen LogP contribution in [0.3, 0.4) is 0 Å². The third kappa shape index (κ3) is 4.57. The van der Waals surface area contributed by atoms with Gasteiger partial charge in [0.1, 0.15) is 11.5 Å². The van der Waals surface area contributed by atoms with Crippen molar-refractivity contribution in [2.75, 3.05) is 14.1 Å². The van der Waals surface area contributed by atoms with Gasteiger partial charge in [-0.05, 0) is 53.7 Å². The summed E-state index contributed by atoms with van der Waals surface area (Å²) in [6.07, 6.45) is 0. The molecule has 0 aliphatic rings. The minimum absolute atomic E-state index is 0.161. The highest BCUT2D eigenvalue weighted by Gasteiger charge is 2.37. The first-order valence-electron chi connectivity index (χ1n) is 7.66. The van der Waals surface area contributed by atoms with Crippen molar-refractivity contribution in [3.05, 3.63) is 28.8 Å². The Morgan fingerprint density at radius 2 is 1.39 bits per heavy atom. The molecule has 0 heterocycles. The van der Waals surface area contributed by atoms with Gasteiger partial charge in [-0.15, -0.1) is 0 Å². The minimum atomic E-state index is -4.39. The molecule has 0 spiro atoms. The van der Waals surface area contributed by atoms with Crippen LogP contribution < -0.4 is 0 Å². The molecule has 5 nitrogen and oxygen atoms in total. The molecule has 0 saturated heterocycles. The van der Waals surface area contributed by atoms with Gasteiger partial charge in [0.25, 0.3) is 0 Å². The summed E-state index contributed by atoms with van der Waals surface area (Å²) < 4.78 is 12.1. The molecule has 1 atom stereocenters. The highest BCUT2D eigenvalue weighted by molar-refractivity contribution is 7.52. The van der Waals surface area contributed by atoms with E-state index in [2.05, 4.69) is 0 Å². The molecule has 1 unspecified atom stereocenters. The van der Waals surface area contributed by atoms with Crippen LogP contribution in [0.2, 0.25) is 0 Å². The van der Waals surface area contributed by atoms with Crippen molar-refractivity contribution in [1.29, 1.82) is 0 Å². The molecule has 1 rings (SSSR count). The third-order valence-electron chi connectivity index (χ3n) is 3.87. The van der Waals surface area contributed by atoms with Crippen LogP contribution in [-0.4, -0.2) is 33.9 Å². The topological polar surface area (TPSA) is 81.0 Å². The molecule has 0 bridgehead atoms. The Labute approximate surface area is 139 Å². The summed E-state index contributed by atoms with van der Waals surface area (Å²) in [6, 6.07) is 3.40. The number of hydrogen-bond donors (Lipinski definition) is 3. The van der Waals surface area contributed by atoms with Gasteiger partial charge in [0, 0.05) is 0 Å². The number of benzene rings is 1. The van der Waals surface area contributed by atoms with E-state index >= 15 is 0 Å². The Bertz CT molecular complexity index is 621. The number of aromatic hydroxyl groups is 1. The van der Waals surface area contributed by atoms with E-state index in [0.717, 1.165) is 5.56 Å². The molecule has 0 fully saturated rings. The zero-order valence-corrected chi connectivity index (χ0v) is 16.3. The Balaban J connectivity index is 3.82. The molecule has 0 aromatic heterocycles. The standard InChI is InChI=1S/C17H30NO4P/c1-16(2,3)12-10-14(19)13(17(4,5)6)9-11(12)15(18(7)8)23(20,21)22/h9-10,15,19H,1-8H3,(H2,20,21,22). The molecule has 0 aliphatic heterocycles. The molecule has 3 N–H and O–H groups in total. The monoisotopic (exact) mass is 343 g/mol. The van der Waals surface area contributed by atoms with E-state index in [1.807, 2.05) is 41.5 Å². The fourth-order valence-corrected chi connectivity index (χ4v) is 4.01. The van der Waals surface area contributed by atoms with Crippen LogP contribution in [0.4, 0.5) is 0 Å². The molecule has 0 saturated carbocycles. The smallest absolute Gasteiger partial charge is 0.347 e. The SMILES string of the molecule is CN(C)C(c1cc(C(C)(C)C)c(O)cc1C(C)(C)C)P(=O)(O)O. The van der Waals surface area contributed by atoms with Crippen molar-refractivity contribution < 1.29 is 19.5 Å². The summed E-state index contributed by atoms with van der Waals surface area (Å²) in [5.41, 5.74) is 1.30. The van der Waals surface area contributed by atoms with E-state index in [1.54, 1.807) is 26.2 Å². The number of rotatable bonds is 3. The summed E-state index contributed by atoms with van der Waals surface area (Å²) in [4.78, 5) is 21.3. The highest BCUT2D eigenvalue weighted by Crippen LogP contribution is 2.55. The van der Waals surface area contributed by atoms with Crippen molar-refractivity contribution >= 4 is 7.60 Å². The van der Waals surface area contributed by atoms with Crippen molar-refractivity contribution in [2.45, 2.75) is 58.2 Å². The predicted octanol–water partition coefficient (Wildman–Crippen LogP) is 3.73. The Hall–Kier alpha value is -0.870. The maximum absolute atomic E-state index is 12.1. The van der Waals surface area contributed by atoms with Gasteiger partial charge >= 0.3 is 7.60 Å². The zero-order valence-electron chi connectivity index (χ0n) is 15.4. The Kier molecular flexibility index (Phi) is 5.45. The molecule has 0 aliphatic carbocycles. The molecule has 1 aromatic carbocycles. The van der Waals surface area contributed by atoms with Gasteiger partial charge in [-0.1, -0.05) is 41.5 Å². The second kappa shape index (κ2) is 6.21. The fourth-order valence-electron chi connectivity index (χ4n) is 2.83. The number of nitrogens with zero attached hydrogens (tertiary/aromatic N) is 1. The average molecular weight is 343 g/mol. The predicted molar refractivity (Wildman–Crippen MR) is 94.0 cm³/mol. The lowest BCUT2D eigenvalue weighted by Crippen LogP contribution is -2.26. The largest absolute Gasteiger partial charge is 0.508 e. The van der Waals surface area contributed by atoms with E-state index in [1.165, 1.54) is 4.90 Å². The highest BCUT2D eigenvalue weighted by atomic mass is 31.2. The summed E-state index contributed by atoms with van der Waals surface area (Å²) in [7, 11) is -1.09. The van der Waals surface area contributed by atoms with Crippen LogP contribution in [0.15, 0.2) is 12.1 Å². The molecule has 132 valence electrons. The summed E-state index contributed by atoms with van der Waals surface area (Å²) in [6.45, 7) is 11.8. The molecular weight excluding hydrogens is 313 g/mol. The van der Waals surface area contributed by atoms with E-state index in [0.29, 0.717) is 11.1 Å². The first kappa shape index (κ1) is 20.2. The number of hydrogen-bond acceptors (Lipinski definition) is 3. The van der Waals surface area contributed by atoms with E-state index in [4.69, 9.17) is 0 Å². The van der Waals surface area contributed by atoms with Gasteiger partial charge in [0.05, 0.1) is 0 Å². The maximum atomic E-state index is 12.1. The van der Waals surface area contributed by atoms with Crippen LogP contribution in [0.25, 0.3) is 0 Å². The Morgan fingerprint density at radius 1 is 0.957 bits per heavy atom. The van der Waals surface area contributed by atoms with Gasteiger partial charge < -0.3 is 14.9 Å². The van der Waals surface area contributed by atoms with Crippen LogP contribution >= 0.6 is 7.60 Å². The Morgan fingerprint density at radius 3 is 1.70 bits per heavy atom. The van der Waals surface area contributed by atoms with Crippen molar-refractivity contribution in [2.24, 2.45) is 0 Å². The first-order chi connectivity index (χ1) is 10.1. The lowest BCUT2D eigenvalue weighted by Gasteiger charge is -2.33. The van der Waals surface area contributed by atoms with Gasteiger partial charge in [0.2, 0.25) is 0 Å². The maximum Gasteiger partial charge on any atom is 0.347 e.